The molecule has 0 heterocycles. The third-order valence-electron chi connectivity index (χ3n) is 6.31. The first kappa shape index (κ1) is 27.0. The van der Waals surface area contributed by atoms with Gasteiger partial charge >= 0.3 is 0 Å². The monoisotopic (exact) mass is 381 g/mol. The van der Waals surface area contributed by atoms with Gasteiger partial charge in [0.25, 0.3) is 0 Å². The molecule has 0 aromatic carbocycles. The van der Waals surface area contributed by atoms with E-state index < -0.39 is 0 Å². The van der Waals surface area contributed by atoms with E-state index in [1.807, 2.05) is 0 Å². The maximum absolute atomic E-state index is 2.85. The number of nitrogens with zero attached hydrogens (tertiary/aromatic N) is 1. The summed E-state index contributed by atoms with van der Waals surface area (Å²) in [5.41, 5.74) is 0.388. The Hall–Kier alpha value is -0.0400. The molecule has 0 saturated carbocycles. The smallest absolute Gasteiger partial charge is 0.0153 e. The zero-order valence-electron chi connectivity index (χ0n) is 20.1. The second kappa shape index (κ2) is 19.3. The van der Waals surface area contributed by atoms with Crippen LogP contribution in [0.25, 0.3) is 0 Å². The lowest BCUT2D eigenvalue weighted by Gasteiger charge is -2.39. The van der Waals surface area contributed by atoms with Gasteiger partial charge < -0.3 is 0 Å². The summed E-state index contributed by atoms with van der Waals surface area (Å²) in [5, 5.41) is 0. The first-order valence-corrected chi connectivity index (χ1v) is 12.8. The van der Waals surface area contributed by atoms with Crippen LogP contribution in [0.5, 0.6) is 0 Å². The molecule has 1 nitrogen and oxygen atoms in total. The molecular weight excluding hydrogens is 326 g/mol. The summed E-state index contributed by atoms with van der Waals surface area (Å²) in [6, 6.07) is 0. The highest BCUT2D eigenvalue weighted by molar-refractivity contribution is 4.81. The highest BCUT2D eigenvalue weighted by atomic mass is 15.2. The van der Waals surface area contributed by atoms with E-state index in [1.54, 1.807) is 0 Å². The van der Waals surface area contributed by atoms with Crippen molar-refractivity contribution in [1.82, 2.24) is 4.90 Å². The third kappa shape index (κ3) is 16.6. The standard InChI is InChI=1S/C26H55N/c1-6-9-12-15-18-21-24-27(25-22-19-16-13-10-7-2)26(4,5)23-20-17-14-11-8-3/h6-25H2,1-5H3. The molecule has 0 aliphatic carbocycles. The molecule has 1 heteroatoms. The van der Waals surface area contributed by atoms with Gasteiger partial charge in [0.1, 0.15) is 0 Å². The van der Waals surface area contributed by atoms with Crippen molar-refractivity contribution in [3.8, 4) is 0 Å². The van der Waals surface area contributed by atoms with E-state index in [0.29, 0.717) is 5.54 Å². The summed E-state index contributed by atoms with van der Waals surface area (Å²) in [5.74, 6) is 0. The van der Waals surface area contributed by atoms with Gasteiger partial charge in [0, 0.05) is 5.54 Å². The van der Waals surface area contributed by atoms with Gasteiger partial charge in [0.2, 0.25) is 0 Å². The lowest BCUT2D eigenvalue weighted by Crippen LogP contribution is -2.45. The van der Waals surface area contributed by atoms with Gasteiger partial charge in [-0.1, -0.05) is 117 Å². The lowest BCUT2D eigenvalue weighted by atomic mass is 9.93. The molecule has 0 radical (unpaired) electrons. The Kier molecular flexibility index (Phi) is 19.3. The maximum atomic E-state index is 2.85. The fourth-order valence-electron chi connectivity index (χ4n) is 4.20. The van der Waals surface area contributed by atoms with Crippen molar-refractivity contribution in [2.75, 3.05) is 13.1 Å². The molecule has 164 valence electrons. The van der Waals surface area contributed by atoms with Gasteiger partial charge in [-0.15, -0.1) is 0 Å². The molecule has 27 heavy (non-hydrogen) atoms. The number of hydrogen-bond donors (Lipinski definition) is 0. The van der Waals surface area contributed by atoms with Gasteiger partial charge in [0.15, 0.2) is 0 Å². The van der Waals surface area contributed by atoms with Crippen LogP contribution in [-0.4, -0.2) is 23.5 Å². The maximum Gasteiger partial charge on any atom is 0.0153 e. The zero-order valence-corrected chi connectivity index (χ0v) is 20.1. The van der Waals surface area contributed by atoms with Gasteiger partial charge in [-0.25, -0.2) is 0 Å². The van der Waals surface area contributed by atoms with Crippen LogP contribution in [0.3, 0.4) is 0 Å². The van der Waals surface area contributed by atoms with Crippen LogP contribution < -0.4 is 0 Å². The molecule has 0 saturated heterocycles. The van der Waals surface area contributed by atoms with E-state index in [-0.39, 0.29) is 0 Å². The van der Waals surface area contributed by atoms with Crippen molar-refractivity contribution >= 4 is 0 Å². The summed E-state index contributed by atoms with van der Waals surface area (Å²) < 4.78 is 0. The highest BCUT2D eigenvalue weighted by Gasteiger charge is 2.25. The van der Waals surface area contributed by atoms with Gasteiger partial charge in [-0.3, -0.25) is 4.90 Å². The molecule has 0 atom stereocenters. The van der Waals surface area contributed by atoms with Gasteiger partial charge in [-0.05, 0) is 46.2 Å². The first-order valence-electron chi connectivity index (χ1n) is 12.8. The fourth-order valence-corrected chi connectivity index (χ4v) is 4.20. The Labute approximate surface area is 174 Å². The van der Waals surface area contributed by atoms with Gasteiger partial charge in [-0.2, -0.15) is 0 Å². The zero-order chi connectivity index (χ0) is 20.2. The number of hydrogen-bond acceptors (Lipinski definition) is 1. The van der Waals surface area contributed by atoms with E-state index in [1.165, 1.54) is 129 Å². The van der Waals surface area contributed by atoms with Crippen molar-refractivity contribution in [2.24, 2.45) is 0 Å². The van der Waals surface area contributed by atoms with Crippen molar-refractivity contribution < 1.29 is 0 Å². The quantitative estimate of drug-likeness (QED) is 0.179. The first-order chi connectivity index (χ1) is 13.1. The topological polar surface area (TPSA) is 3.24 Å². The summed E-state index contributed by atoms with van der Waals surface area (Å²) in [4.78, 5) is 2.85. The van der Waals surface area contributed by atoms with Crippen LogP contribution in [0.2, 0.25) is 0 Å². The molecule has 0 aliphatic heterocycles. The van der Waals surface area contributed by atoms with E-state index in [9.17, 15) is 0 Å². The Balaban J connectivity index is 4.24. The second-order valence-corrected chi connectivity index (χ2v) is 9.50. The van der Waals surface area contributed by atoms with Crippen molar-refractivity contribution in [3.63, 3.8) is 0 Å². The normalized spacial score (nSPS) is 12.2. The fraction of sp³-hybridized carbons (Fsp3) is 1.00. The second-order valence-electron chi connectivity index (χ2n) is 9.50. The number of unbranched alkanes of at least 4 members (excludes halogenated alkanes) is 14. The predicted molar refractivity (Wildman–Crippen MR) is 126 cm³/mol. The Bertz CT molecular complexity index is 268. The van der Waals surface area contributed by atoms with Crippen LogP contribution >= 0.6 is 0 Å². The third-order valence-corrected chi connectivity index (χ3v) is 6.31. The summed E-state index contributed by atoms with van der Waals surface area (Å²) >= 11 is 0. The molecule has 0 aromatic rings. The highest BCUT2D eigenvalue weighted by Crippen LogP contribution is 2.24. The average Bonchev–Trinajstić information content (AvgIpc) is 2.65. The van der Waals surface area contributed by atoms with Crippen LogP contribution in [0.15, 0.2) is 0 Å². The molecule has 0 unspecified atom stereocenters. The molecule has 0 aliphatic rings. The van der Waals surface area contributed by atoms with E-state index in [2.05, 4.69) is 39.5 Å². The summed E-state index contributed by atoms with van der Waals surface area (Å²) in [7, 11) is 0. The Morgan fingerprint density at radius 2 is 0.778 bits per heavy atom. The molecule has 0 spiro atoms. The molecule has 0 N–H and O–H groups in total. The largest absolute Gasteiger partial charge is 0.298 e. The Morgan fingerprint density at radius 3 is 1.19 bits per heavy atom. The van der Waals surface area contributed by atoms with Crippen LogP contribution in [0.1, 0.15) is 150 Å². The number of rotatable bonds is 21. The summed E-state index contributed by atoms with van der Waals surface area (Å²) in [6.07, 6.45) is 25.4. The van der Waals surface area contributed by atoms with Gasteiger partial charge in [0.05, 0.1) is 0 Å². The van der Waals surface area contributed by atoms with Crippen molar-refractivity contribution in [2.45, 2.75) is 156 Å². The van der Waals surface area contributed by atoms with E-state index in [4.69, 9.17) is 0 Å². The van der Waals surface area contributed by atoms with Crippen LogP contribution in [-0.2, 0) is 0 Å². The van der Waals surface area contributed by atoms with Crippen molar-refractivity contribution in [1.29, 1.82) is 0 Å². The SMILES string of the molecule is CCCCCCCCN(CCCCCCCC)C(C)(C)CCCCCCC. The molecule has 0 amide bonds. The predicted octanol–water partition coefficient (Wildman–Crippen LogP) is 9.15. The molecule has 0 bridgehead atoms. The van der Waals surface area contributed by atoms with Crippen LogP contribution in [0.4, 0.5) is 0 Å². The minimum absolute atomic E-state index is 0.388. The molecular formula is C26H55N. The minimum Gasteiger partial charge on any atom is -0.298 e. The molecule has 0 aromatic heterocycles. The Morgan fingerprint density at radius 1 is 0.444 bits per heavy atom. The minimum atomic E-state index is 0.388. The van der Waals surface area contributed by atoms with E-state index in [0.717, 1.165) is 0 Å². The van der Waals surface area contributed by atoms with E-state index >= 15 is 0 Å². The van der Waals surface area contributed by atoms with Crippen molar-refractivity contribution in [3.05, 3.63) is 0 Å². The van der Waals surface area contributed by atoms with Crippen LogP contribution in [0, 0.1) is 0 Å². The summed E-state index contributed by atoms with van der Waals surface area (Å²) in [6.45, 7) is 14.6. The molecule has 0 fully saturated rings. The lowest BCUT2D eigenvalue weighted by molar-refractivity contribution is 0.102. The molecule has 0 rings (SSSR count). The average molecular weight is 382 g/mol.